The number of benzene rings is 1. The second-order valence-corrected chi connectivity index (χ2v) is 7.79. The van der Waals surface area contributed by atoms with Crippen molar-refractivity contribution in [2.45, 2.75) is 34.3 Å². The van der Waals surface area contributed by atoms with Crippen LogP contribution in [0.5, 0.6) is 0 Å². The van der Waals surface area contributed by atoms with Gasteiger partial charge >= 0.3 is 5.97 Å². The molecule has 33 heavy (non-hydrogen) atoms. The normalized spacial score (nSPS) is 11.3. The second kappa shape index (κ2) is 8.05. The Hall–Kier alpha value is -4.20. The van der Waals surface area contributed by atoms with Gasteiger partial charge in [0.2, 0.25) is 5.89 Å². The molecule has 0 aliphatic carbocycles. The van der Waals surface area contributed by atoms with Crippen LogP contribution in [-0.4, -0.2) is 21.1 Å². The van der Waals surface area contributed by atoms with Gasteiger partial charge in [-0.15, -0.1) is 0 Å². The maximum absolute atomic E-state index is 13.1. The van der Waals surface area contributed by atoms with E-state index in [0.29, 0.717) is 45.4 Å². The SMILES string of the molecule is Cc1cc(-c2cc(C(=O)OCc3nc(-c4ccccc4)oc3C)c3c(C)noc3n2)c(C)o1. The van der Waals surface area contributed by atoms with Crippen molar-refractivity contribution in [1.29, 1.82) is 0 Å². The summed E-state index contributed by atoms with van der Waals surface area (Å²) in [5, 5.41) is 4.49. The molecule has 0 amide bonds. The summed E-state index contributed by atoms with van der Waals surface area (Å²) in [6.07, 6.45) is 0. The molecular formula is C25H21N3O5. The maximum Gasteiger partial charge on any atom is 0.339 e. The number of ether oxygens (including phenoxy) is 1. The van der Waals surface area contributed by atoms with Crippen molar-refractivity contribution in [3.8, 4) is 22.7 Å². The van der Waals surface area contributed by atoms with Gasteiger partial charge in [0.05, 0.1) is 22.3 Å². The van der Waals surface area contributed by atoms with E-state index in [1.807, 2.05) is 50.2 Å². The van der Waals surface area contributed by atoms with Crippen molar-refractivity contribution in [3.63, 3.8) is 0 Å². The van der Waals surface area contributed by atoms with Gasteiger partial charge in [-0.2, -0.15) is 0 Å². The van der Waals surface area contributed by atoms with Crippen LogP contribution in [0.1, 0.15) is 39.0 Å². The topological polar surface area (TPSA) is 104 Å². The molecule has 0 unspecified atom stereocenters. The van der Waals surface area contributed by atoms with Gasteiger partial charge in [0.25, 0.3) is 5.71 Å². The molecule has 0 spiro atoms. The first-order chi connectivity index (χ1) is 15.9. The highest BCUT2D eigenvalue weighted by Gasteiger charge is 2.23. The molecule has 0 atom stereocenters. The molecule has 0 fully saturated rings. The molecule has 1 aromatic carbocycles. The number of carbonyl (C=O) groups is 1. The molecule has 0 N–H and O–H groups in total. The Morgan fingerprint density at radius 3 is 2.48 bits per heavy atom. The summed E-state index contributed by atoms with van der Waals surface area (Å²) >= 11 is 0. The highest BCUT2D eigenvalue weighted by atomic mass is 16.5. The zero-order valence-corrected chi connectivity index (χ0v) is 18.6. The van der Waals surface area contributed by atoms with Crippen LogP contribution in [0.15, 0.2) is 55.8 Å². The van der Waals surface area contributed by atoms with E-state index >= 15 is 0 Å². The van der Waals surface area contributed by atoms with E-state index in [9.17, 15) is 4.79 Å². The van der Waals surface area contributed by atoms with Crippen molar-refractivity contribution >= 4 is 17.1 Å². The molecule has 0 saturated heterocycles. The number of esters is 1. The highest BCUT2D eigenvalue weighted by Crippen LogP contribution is 2.31. The third-order valence-electron chi connectivity index (χ3n) is 5.41. The van der Waals surface area contributed by atoms with Gasteiger partial charge in [0.15, 0.2) is 0 Å². The van der Waals surface area contributed by atoms with Gasteiger partial charge in [-0.3, -0.25) is 0 Å². The lowest BCUT2D eigenvalue weighted by atomic mass is 10.1. The molecule has 4 heterocycles. The molecule has 5 aromatic rings. The maximum atomic E-state index is 13.1. The number of furan rings is 1. The molecule has 8 nitrogen and oxygen atoms in total. The van der Waals surface area contributed by atoms with Gasteiger partial charge in [-0.1, -0.05) is 23.4 Å². The van der Waals surface area contributed by atoms with Gasteiger partial charge in [0, 0.05) is 11.1 Å². The van der Waals surface area contributed by atoms with Crippen molar-refractivity contribution in [3.05, 3.63) is 76.7 Å². The molecule has 0 saturated carbocycles. The van der Waals surface area contributed by atoms with Crippen molar-refractivity contribution < 1.29 is 22.9 Å². The Kier molecular flexibility index (Phi) is 5.05. The molecule has 166 valence electrons. The minimum Gasteiger partial charge on any atom is -0.466 e. The lowest BCUT2D eigenvalue weighted by Crippen LogP contribution is -2.08. The molecule has 4 aromatic heterocycles. The number of aryl methyl sites for hydroxylation is 4. The number of oxazole rings is 1. The van der Waals surface area contributed by atoms with Gasteiger partial charge < -0.3 is 18.1 Å². The smallest absolute Gasteiger partial charge is 0.339 e. The summed E-state index contributed by atoms with van der Waals surface area (Å²) in [5.74, 6) is 1.98. The Bertz CT molecular complexity index is 1480. The number of carbonyl (C=O) groups excluding carboxylic acids is 1. The summed E-state index contributed by atoms with van der Waals surface area (Å²) in [7, 11) is 0. The number of aromatic nitrogens is 3. The number of nitrogens with zero attached hydrogens (tertiary/aromatic N) is 3. The van der Waals surface area contributed by atoms with E-state index in [2.05, 4.69) is 15.1 Å². The fourth-order valence-electron chi connectivity index (χ4n) is 3.76. The van der Waals surface area contributed by atoms with E-state index < -0.39 is 5.97 Å². The van der Waals surface area contributed by atoms with E-state index in [0.717, 1.165) is 16.9 Å². The predicted molar refractivity (Wildman–Crippen MR) is 120 cm³/mol. The number of hydrogen-bond donors (Lipinski definition) is 0. The Morgan fingerprint density at radius 1 is 0.970 bits per heavy atom. The van der Waals surface area contributed by atoms with Crippen LogP contribution in [0.25, 0.3) is 33.8 Å². The van der Waals surface area contributed by atoms with E-state index in [4.69, 9.17) is 18.1 Å². The van der Waals surface area contributed by atoms with Crippen molar-refractivity contribution in [2.24, 2.45) is 0 Å². The largest absolute Gasteiger partial charge is 0.466 e. The molecule has 8 heteroatoms. The summed E-state index contributed by atoms with van der Waals surface area (Å²) in [5.41, 5.74) is 3.86. The number of pyridine rings is 1. The van der Waals surface area contributed by atoms with Crippen LogP contribution in [0, 0.1) is 27.7 Å². The predicted octanol–water partition coefficient (Wildman–Crippen LogP) is 5.73. The molecule has 0 bridgehead atoms. The quantitative estimate of drug-likeness (QED) is 0.317. The van der Waals surface area contributed by atoms with Gasteiger partial charge in [-0.25, -0.2) is 14.8 Å². The molecule has 0 aliphatic rings. The third kappa shape index (κ3) is 3.80. The fraction of sp³-hybridized carbons (Fsp3) is 0.200. The highest BCUT2D eigenvalue weighted by molar-refractivity contribution is 6.04. The van der Waals surface area contributed by atoms with Crippen molar-refractivity contribution in [2.75, 3.05) is 0 Å². The molecule has 5 rings (SSSR count). The summed E-state index contributed by atoms with van der Waals surface area (Å²) in [6, 6.07) is 13.1. The summed E-state index contributed by atoms with van der Waals surface area (Å²) in [4.78, 5) is 22.2. The van der Waals surface area contributed by atoms with Crippen LogP contribution in [0.2, 0.25) is 0 Å². The van der Waals surface area contributed by atoms with Crippen molar-refractivity contribution in [1.82, 2.24) is 15.1 Å². The lowest BCUT2D eigenvalue weighted by molar-refractivity contribution is 0.0469. The molecule has 0 aliphatic heterocycles. The average molecular weight is 443 g/mol. The zero-order chi connectivity index (χ0) is 23.1. The van der Waals surface area contributed by atoms with Crippen LogP contribution in [0.3, 0.4) is 0 Å². The first-order valence-electron chi connectivity index (χ1n) is 10.4. The lowest BCUT2D eigenvalue weighted by Gasteiger charge is -2.07. The number of rotatable bonds is 5. The second-order valence-electron chi connectivity index (χ2n) is 7.79. The Morgan fingerprint density at radius 2 is 1.76 bits per heavy atom. The van der Waals surface area contributed by atoms with Crippen LogP contribution in [-0.2, 0) is 11.3 Å². The first-order valence-corrected chi connectivity index (χ1v) is 10.4. The Balaban J connectivity index is 1.46. The summed E-state index contributed by atoms with van der Waals surface area (Å²) in [6.45, 7) is 7.21. The zero-order valence-electron chi connectivity index (χ0n) is 18.6. The van der Waals surface area contributed by atoms with Crippen LogP contribution >= 0.6 is 0 Å². The fourth-order valence-corrected chi connectivity index (χ4v) is 3.76. The van der Waals surface area contributed by atoms with E-state index in [1.165, 1.54) is 0 Å². The molecular weight excluding hydrogens is 422 g/mol. The third-order valence-corrected chi connectivity index (χ3v) is 5.41. The molecule has 0 radical (unpaired) electrons. The van der Waals surface area contributed by atoms with Crippen LogP contribution in [0.4, 0.5) is 0 Å². The van der Waals surface area contributed by atoms with E-state index in [1.54, 1.807) is 19.9 Å². The standard InChI is InChI=1S/C25H21N3O5/c1-13-10-18(15(3)31-13)20-11-19(22-14(2)28-33-24(22)26-20)25(29)30-12-21-16(4)32-23(27-21)17-8-6-5-7-9-17/h5-11H,12H2,1-4H3. The minimum absolute atomic E-state index is 0.0334. The van der Waals surface area contributed by atoms with E-state index in [-0.39, 0.29) is 12.3 Å². The first kappa shape index (κ1) is 20.7. The van der Waals surface area contributed by atoms with Gasteiger partial charge in [-0.05, 0) is 52.0 Å². The average Bonchev–Trinajstić information content (AvgIpc) is 3.48. The summed E-state index contributed by atoms with van der Waals surface area (Å²) < 4.78 is 22.4. The monoisotopic (exact) mass is 443 g/mol. The van der Waals surface area contributed by atoms with Gasteiger partial charge in [0.1, 0.15) is 29.6 Å². The Labute approximate surface area is 189 Å². The minimum atomic E-state index is -0.531. The number of hydrogen-bond acceptors (Lipinski definition) is 8. The number of fused-ring (bicyclic) bond motifs is 1. The van der Waals surface area contributed by atoms with Crippen LogP contribution < -0.4 is 0 Å².